The fraction of sp³-hybridized carbons (Fsp3) is 0.333. The van der Waals surface area contributed by atoms with Gasteiger partial charge in [0.15, 0.2) is 5.82 Å². The number of anilines is 1. The first-order valence-corrected chi connectivity index (χ1v) is 9.18. The van der Waals surface area contributed by atoms with Crippen LogP contribution in [0.25, 0.3) is 22.3 Å². The summed E-state index contributed by atoms with van der Waals surface area (Å²) in [5.74, 6) is 1.71. The molecule has 1 aliphatic rings. The Morgan fingerprint density at radius 3 is 2.44 bits per heavy atom. The Bertz CT molecular complexity index is 826. The molecular weight excluding hydrogens is 308 g/mol. The molecule has 0 spiro atoms. The minimum Gasteiger partial charge on any atom is -0.368 e. The number of benzene rings is 2. The van der Waals surface area contributed by atoms with Gasteiger partial charge in [0.25, 0.3) is 0 Å². The Morgan fingerprint density at radius 2 is 1.60 bits per heavy atom. The normalized spacial score (nSPS) is 15.4. The quantitative estimate of drug-likeness (QED) is 0.760. The second-order valence-electron chi connectivity index (χ2n) is 6.61. The van der Waals surface area contributed by atoms with Gasteiger partial charge in [-0.15, -0.1) is 0 Å². The standard InChI is InChI=1S/C21H24N4/c1-3-9-17(10-4-1)20-23-19-12-6-5-11-18(19)21(24-20)22-13-16-25-14-7-2-8-15-25/h1,3-6,9-12H,2,7-8,13-16H2,(H,22,23,24). The van der Waals surface area contributed by atoms with E-state index >= 15 is 0 Å². The Hall–Kier alpha value is -2.46. The van der Waals surface area contributed by atoms with E-state index in [0.717, 1.165) is 41.2 Å². The molecule has 3 aromatic rings. The van der Waals surface area contributed by atoms with Gasteiger partial charge in [-0.05, 0) is 38.1 Å². The lowest BCUT2D eigenvalue weighted by Gasteiger charge is -2.26. The molecular formula is C21H24N4. The van der Waals surface area contributed by atoms with Crippen LogP contribution in [0.1, 0.15) is 19.3 Å². The summed E-state index contributed by atoms with van der Waals surface area (Å²) in [5.41, 5.74) is 2.03. The number of nitrogens with zero attached hydrogens (tertiary/aromatic N) is 3. The van der Waals surface area contributed by atoms with E-state index in [0.29, 0.717) is 0 Å². The van der Waals surface area contributed by atoms with Crippen LogP contribution in [-0.2, 0) is 0 Å². The second-order valence-corrected chi connectivity index (χ2v) is 6.61. The number of piperidine rings is 1. The van der Waals surface area contributed by atoms with Gasteiger partial charge < -0.3 is 10.2 Å². The molecule has 2 aromatic carbocycles. The van der Waals surface area contributed by atoms with Crippen LogP contribution in [0.3, 0.4) is 0 Å². The summed E-state index contributed by atoms with van der Waals surface area (Å²) in [7, 11) is 0. The lowest BCUT2D eigenvalue weighted by atomic mass is 10.1. The number of nitrogens with one attached hydrogen (secondary N) is 1. The molecule has 4 rings (SSSR count). The van der Waals surface area contributed by atoms with Crippen LogP contribution in [-0.4, -0.2) is 41.0 Å². The molecule has 1 fully saturated rings. The number of fused-ring (bicyclic) bond motifs is 1. The minimum atomic E-state index is 0.778. The summed E-state index contributed by atoms with van der Waals surface area (Å²) >= 11 is 0. The molecule has 1 aromatic heterocycles. The van der Waals surface area contributed by atoms with Crippen molar-refractivity contribution >= 4 is 16.7 Å². The van der Waals surface area contributed by atoms with Gasteiger partial charge in [0.2, 0.25) is 0 Å². The van der Waals surface area contributed by atoms with Crippen molar-refractivity contribution in [1.82, 2.24) is 14.9 Å². The average molecular weight is 332 g/mol. The predicted octanol–water partition coefficient (Wildman–Crippen LogP) is 4.19. The third-order valence-electron chi connectivity index (χ3n) is 4.80. The molecule has 1 N–H and O–H groups in total. The molecule has 0 atom stereocenters. The SMILES string of the molecule is c1ccc(-c2nc(NCCN3CCCCC3)c3ccccc3n2)cc1. The Kier molecular flexibility index (Phi) is 4.89. The lowest BCUT2D eigenvalue weighted by molar-refractivity contribution is 0.237. The highest BCUT2D eigenvalue weighted by molar-refractivity contribution is 5.90. The maximum absolute atomic E-state index is 4.81. The van der Waals surface area contributed by atoms with E-state index in [-0.39, 0.29) is 0 Å². The van der Waals surface area contributed by atoms with Gasteiger partial charge in [-0.3, -0.25) is 0 Å². The molecule has 0 aliphatic carbocycles. The third kappa shape index (κ3) is 3.80. The van der Waals surface area contributed by atoms with E-state index in [2.05, 4.69) is 34.5 Å². The van der Waals surface area contributed by atoms with Crippen molar-refractivity contribution in [3.05, 3.63) is 54.6 Å². The van der Waals surface area contributed by atoms with Crippen molar-refractivity contribution in [2.45, 2.75) is 19.3 Å². The molecule has 128 valence electrons. The van der Waals surface area contributed by atoms with E-state index in [1.165, 1.54) is 32.4 Å². The van der Waals surface area contributed by atoms with E-state index in [1.54, 1.807) is 0 Å². The molecule has 0 amide bonds. The predicted molar refractivity (Wildman–Crippen MR) is 104 cm³/mol. The molecule has 4 nitrogen and oxygen atoms in total. The van der Waals surface area contributed by atoms with E-state index in [4.69, 9.17) is 9.97 Å². The van der Waals surface area contributed by atoms with Crippen LogP contribution in [0.5, 0.6) is 0 Å². The third-order valence-corrected chi connectivity index (χ3v) is 4.80. The van der Waals surface area contributed by atoms with Gasteiger partial charge in [-0.2, -0.15) is 0 Å². The fourth-order valence-corrected chi connectivity index (χ4v) is 3.44. The number of likely N-dealkylation sites (tertiary alicyclic amines) is 1. The molecule has 1 saturated heterocycles. The number of rotatable bonds is 5. The molecule has 0 bridgehead atoms. The lowest BCUT2D eigenvalue weighted by Crippen LogP contribution is -2.33. The zero-order chi connectivity index (χ0) is 16.9. The van der Waals surface area contributed by atoms with Gasteiger partial charge in [-0.25, -0.2) is 9.97 Å². The maximum atomic E-state index is 4.81. The zero-order valence-electron chi connectivity index (χ0n) is 14.5. The Balaban J connectivity index is 1.58. The smallest absolute Gasteiger partial charge is 0.162 e. The highest BCUT2D eigenvalue weighted by Crippen LogP contribution is 2.24. The summed E-state index contributed by atoms with van der Waals surface area (Å²) < 4.78 is 0. The summed E-state index contributed by atoms with van der Waals surface area (Å²) in [6, 6.07) is 18.4. The molecule has 1 aliphatic heterocycles. The molecule has 25 heavy (non-hydrogen) atoms. The van der Waals surface area contributed by atoms with Gasteiger partial charge in [-0.1, -0.05) is 48.9 Å². The van der Waals surface area contributed by atoms with Crippen molar-refractivity contribution < 1.29 is 0 Å². The summed E-state index contributed by atoms with van der Waals surface area (Å²) in [6.07, 6.45) is 4.03. The summed E-state index contributed by atoms with van der Waals surface area (Å²) in [4.78, 5) is 12.1. The van der Waals surface area contributed by atoms with Gasteiger partial charge in [0, 0.05) is 24.0 Å². The Morgan fingerprint density at radius 1 is 0.840 bits per heavy atom. The molecule has 0 saturated carbocycles. The van der Waals surface area contributed by atoms with Crippen LogP contribution in [0.15, 0.2) is 54.6 Å². The van der Waals surface area contributed by atoms with Crippen molar-refractivity contribution in [2.75, 3.05) is 31.5 Å². The van der Waals surface area contributed by atoms with Crippen molar-refractivity contribution in [2.24, 2.45) is 0 Å². The van der Waals surface area contributed by atoms with E-state index in [9.17, 15) is 0 Å². The largest absolute Gasteiger partial charge is 0.368 e. The first-order chi connectivity index (χ1) is 12.4. The van der Waals surface area contributed by atoms with Crippen LogP contribution in [0.4, 0.5) is 5.82 Å². The molecule has 0 radical (unpaired) electrons. The van der Waals surface area contributed by atoms with Crippen LogP contribution in [0, 0.1) is 0 Å². The highest BCUT2D eigenvalue weighted by atomic mass is 15.1. The van der Waals surface area contributed by atoms with Crippen LogP contribution in [0.2, 0.25) is 0 Å². The maximum Gasteiger partial charge on any atom is 0.162 e. The van der Waals surface area contributed by atoms with Crippen LogP contribution >= 0.6 is 0 Å². The summed E-state index contributed by atoms with van der Waals surface area (Å²) in [5, 5.41) is 4.64. The first-order valence-electron chi connectivity index (χ1n) is 9.18. The average Bonchev–Trinajstić information content (AvgIpc) is 2.69. The highest BCUT2D eigenvalue weighted by Gasteiger charge is 2.11. The molecule has 4 heteroatoms. The summed E-state index contributed by atoms with van der Waals surface area (Å²) in [6.45, 7) is 4.43. The number of hydrogen-bond acceptors (Lipinski definition) is 4. The zero-order valence-corrected chi connectivity index (χ0v) is 14.5. The van der Waals surface area contributed by atoms with Crippen molar-refractivity contribution in [3.63, 3.8) is 0 Å². The van der Waals surface area contributed by atoms with E-state index < -0.39 is 0 Å². The van der Waals surface area contributed by atoms with Gasteiger partial charge >= 0.3 is 0 Å². The van der Waals surface area contributed by atoms with E-state index in [1.807, 2.05) is 30.3 Å². The Labute approximate surface area is 148 Å². The second kappa shape index (κ2) is 7.62. The van der Waals surface area contributed by atoms with Crippen LogP contribution < -0.4 is 5.32 Å². The van der Waals surface area contributed by atoms with Gasteiger partial charge in [0.05, 0.1) is 5.52 Å². The molecule has 2 heterocycles. The van der Waals surface area contributed by atoms with Crippen molar-refractivity contribution in [1.29, 1.82) is 0 Å². The molecule has 0 unspecified atom stereocenters. The number of hydrogen-bond donors (Lipinski definition) is 1. The number of aromatic nitrogens is 2. The topological polar surface area (TPSA) is 41.1 Å². The van der Waals surface area contributed by atoms with Gasteiger partial charge in [0.1, 0.15) is 5.82 Å². The fourth-order valence-electron chi connectivity index (χ4n) is 3.44. The number of para-hydroxylation sites is 1. The first kappa shape index (κ1) is 16.0. The van der Waals surface area contributed by atoms with Crippen molar-refractivity contribution in [3.8, 4) is 11.4 Å². The minimum absolute atomic E-state index is 0.778. The monoisotopic (exact) mass is 332 g/mol.